The summed E-state index contributed by atoms with van der Waals surface area (Å²) in [6.45, 7) is 5.10. The highest BCUT2D eigenvalue weighted by Gasteiger charge is 2.32. The number of benzene rings is 1. The summed E-state index contributed by atoms with van der Waals surface area (Å²) in [6, 6.07) is 6.85. The molecule has 2 saturated heterocycles. The topological polar surface area (TPSA) is 56.4 Å². The number of likely N-dealkylation sites (tertiary alicyclic amines) is 2. The predicted molar refractivity (Wildman–Crippen MR) is 112 cm³/mol. The zero-order chi connectivity index (χ0) is 22.2. The van der Waals surface area contributed by atoms with Crippen LogP contribution in [0.15, 0.2) is 35.1 Å². The van der Waals surface area contributed by atoms with Gasteiger partial charge < -0.3 is 14.8 Å². The number of carbonyl (C=O) groups is 1. The molecule has 2 fully saturated rings. The maximum absolute atomic E-state index is 13.0. The van der Waals surface area contributed by atoms with E-state index in [1.54, 1.807) is 17.9 Å². The molecule has 0 atom stereocenters. The van der Waals surface area contributed by atoms with Gasteiger partial charge in [0.2, 0.25) is 0 Å². The van der Waals surface area contributed by atoms with E-state index in [0.717, 1.165) is 38.1 Å². The molecule has 0 bridgehead atoms. The van der Waals surface area contributed by atoms with E-state index >= 15 is 0 Å². The van der Waals surface area contributed by atoms with Crippen LogP contribution < -0.4 is 5.56 Å². The summed E-state index contributed by atoms with van der Waals surface area (Å²) >= 11 is 0. The van der Waals surface area contributed by atoms with Crippen LogP contribution in [0.2, 0.25) is 0 Å². The Labute approximate surface area is 178 Å². The van der Waals surface area contributed by atoms with Gasteiger partial charge in [0.25, 0.3) is 11.5 Å². The van der Waals surface area contributed by atoms with E-state index in [1.165, 1.54) is 25.0 Å². The maximum Gasteiger partial charge on any atom is 0.416 e. The van der Waals surface area contributed by atoms with Crippen molar-refractivity contribution in [3.63, 3.8) is 0 Å². The standard InChI is InChI=1S/C23H26F3N3O2/c1-15-13-19(16-5-4-6-17(14-16)23(24,25)26)27-21(30)20(15)22(31)29-11-7-18(8-12-29)28-9-2-3-10-28/h4-6,13-14,18H,2-3,7-12H2,1H3,(H,27,30). The fourth-order valence-electron chi connectivity index (χ4n) is 4.67. The van der Waals surface area contributed by atoms with Crippen molar-refractivity contribution in [1.29, 1.82) is 0 Å². The van der Waals surface area contributed by atoms with Crippen molar-refractivity contribution in [2.24, 2.45) is 0 Å². The number of piperidine rings is 1. The molecule has 0 aliphatic carbocycles. The predicted octanol–water partition coefficient (Wildman–Crippen LogP) is 4.07. The number of halogens is 3. The van der Waals surface area contributed by atoms with E-state index < -0.39 is 17.3 Å². The van der Waals surface area contributed by atoms with Crippen molar-refractivity contribution >= 4 is 5.91 Å². The Kier molecular flexibility index (Phi) is 5.92. The summed E-state index contributed by atoms with van der Waals surface area (Å²) in [5.41, 5.74) is -0.319. The molecule has 8 heteroatoms. The minimum absolute atomic E-state index is 0.0651. The average molecular weight is 433 g/mol. The number of H-pyrrole nitrogens is 1. The van der Waals surface area contributed by atoms with Crippen LogP contribution in [0, 0.1) is 6.92 Å². The van der Waals surface area contributed by atoms with Gasteiger partial charge in [-0.2, -0.15) is 13.2 Å². The van der Waals surface area contributed by atoms with Crippen LogP contribution in [-0.2, 0) is 6.18 Å². The smallest absolute Gasteiger partial charge is 0.338 e. The third-order valence-electron chi connectivity index (χ3n) is 6.35. The van der Waals surface area contributed by atoms with Gasteiger partial charge in [0.05, 0.1) is 5.56 Å². The Morgan fingerprint density at radius 2 is 1.74 bits per heavy atom. The number of aromatic amines is 1. The largest absolute Gasteiger partial charge is 0.416 e. The Morgan fingerprint density at radius 1 is 1.06 bits per heavy atom. The van der Waals surface area contributed by atoms with E-state index in [0.29, 0.717) is 24.7 Å². The highest BCUT2D eigenvalue weighted by Crippen LogP contribution is 2.32. The number of hydrogen-bond donors (Lipinski definition) is 1. The van der Waals surface area contributed by atoms with Gasteiger partial charge in [-0.25, -0.2) is 0 Å². The molecule has 2 aromatic rings. The highest BCUT2D eigenvalue weighted by molar-refractivity contribution is 5.95. The Hall–Kier alpha value is -2.61. The Balaban J connectivity index is 1.53. The fraction of sp³-hybridized carbons (Fsp3) is 0.478. The van der Waals surface area contributed by atoms with Crippen LogP contribution in [-0.4, -0.2) is 52.9 Å². The van der Waals surface area contributed by atoms with E-state index in [1.807, 2.05) is 0 Å². The molecule has 0 saturated carbocycles. The molecule has 1 N–H and O–H groups in total. The van der Waals surface area contributed by atoms with Crippen LogP contribution in [0.5, 0.6) is 0 Å². The molecule has 1 aromatic carbocycles. The summed E-state index contributed by atoms with van der Waals surface area (Å²) in [5, 5.41) is 0. The average Bonchev–Trinajstić information content (AvgIpc) is 3.27. The minimum atomic E-state index is -4.47. The number of nitrogens with zero attached hydrogens (tertiary/aromatic N) is 2. The number of aryl methyl sites for hydroxylation is 1. The number of amides is 1. The summed E-state index contributed by atoms with van der Waals surface area (Å²) in [5.74, 6) is -0.311. The molecule has 4 rings (SSSR count). The lowest BCUT2D eigenvalue weighted by Gasteiger charge is -2.36. The number of aromatic nitrogens is 1. The number of alkyl halides is 3. The Bertz CT molecular complexity index is 1020. The number of rotatable bonds is 3. The third kappa shape index (κ3) is 4.54. The summed E-state index contributed by atoms with van der Waals surface area (Å²) in [7, 11) is 0. The quantitative estimate of drug-likeness (QED) is 0.794. The summed E-state index contributed by atoms with van der Waals surface area (Å²) < 4.78 is 39.1. The molecule has 166 valence electrons. The monoisotopic (exact) mass is 433 g/mol. The van der Waals surface area contributed by atoms with Crippen molar-refractivity contribution in [3.8, 4) is 11.3 Å². The molecule has 1 aromatic heterocycles. The van der Waals surface area contributed by atoms with Gasteiger partial charge in [-0.1, -0.05) is 12.1 Å². The lowest BCUT2D eigenvalue weighted by Crippen LogP contribution is -2.47. The van der Waals surface area contributed by atoms with Crippen LogP contribution in [0.4, 0.5) is 13.2 Å². The lowest BCUT2D eigenvalue weighted by molar-refractivity contribution is -0.137. The molecular weight excluding hydrogens is 407 g/mol. The van der Waals surface area contributed by atoms with Gasteiger partial charge in [0.1, 0.15) is 5.56 Å². The van der Waals surface area contributed by atoms with Crippen molar-refractivity contribution in [1.82, 2.24) is 14.8 Å². The second-order valence-electron chi connectivity index (χ2n) is 8.42. The van der Waals surface area contributed by atoms with Gasteiger partial charge >= 0.3 is 6.18 Å². The van der Waals surface area contributed by atoms with Gasteiger partial charge in [-0.05, 0) is 75.0 Å². The van der Waals surface area contributed by atoms with Gasteiger partial charge in [-0.15, -0.1) is 0 Å². The van der Waals surface area contributed by atoms with E-state index in [-0.39, 0.29) is 22.7 Å². The number of carbonyl (C=O) groups excluding carboxylic acids is 1. The van der Waals surface area contributed by atoms with Crippen LogP contribution in [0.1, 0.15) is 47.2 Å². The molecule has 0 unspecified atom stereocenters. The minimum Gasteiger partial charge on any atom is -0.338 e. The maximum atomic E-state index is 13.0. The summed E-state index contributed by atoms with van der Waals surface area (Å²) in [6.07, 6.45) is -0.226. The first-order chi connectivity index (χ1) is 14.7. The third-order valence-corrected chi connectivity index (χ3v) is 6.35. The molecule has 0 spiro atoms. The first kappa shape index (κ1) is 21.6. The summed E-state index contributed by atoms with van der Waals surface area (Å²) in [4.78, 5) is 32.6. The van der Waals surface area contributed by atoms with Crippen molar-refractivity contribution in [3.05, 3.63) is 57.4 Å². The SMILES string of the molecule is Cc1cc(-c2cccc(C(F)(F)F)c2)[nH]c(=O)c1C(=O)N1CCC(N2CCCC2)CC1. The second-order valence-corrected chi connectivity index (χ2v) is 8.42. The van der Waals surface area contributed by atoms with Crippen LogP contribution in [0.25, 0.3) is 11.3 Å². The zero-order valence-corrected chi connectivity index (χ0v) is 17.5. The van der Waals surface area contributed by atoms with E-state index in [4.69, 9.17) is 0 Å². The van der Waals surface area contributed by atoms with Crippen LogP contribution >= 0.6 is 0 Å². The normalized spacial score (nSPS) is 18.5. The zero-order valence-electron chi connectivity index (χ0n) is 17.5. The molecule has 2 aliphatic rings. The van der Waals surface area contributed by atoms with Crippen molar-refractivity contribution in [2.45, 2.75) is 44.8 Å². The molecular formula is C23H26F3N3O2. The first-order valence-corrected chi connectivity index (χ1v) is 10.7. The highest BCUT2D eigenvalue weighted by atomic mass is 19.4. The fourth-order valence-corrected chi connectivity index (χ4v) is 4.67. The van der Waals surface area contributed by atoms with Gasteiger partial charge in [0, 0.05) is 24.8 Å². The molecule has 1 amide bonds. The second kappa shape index (κ2) is 8.49. The van der Waals surface area contributed by atoms with Gasteiger partial charge in [-0.3, -0.25) is 9.59 Å². The van der Waals surface area contributed by atoms with E-state index in [9.17, 15) is 22.8 Å². The first-order valence-electron chi connectivity index (χ1n) is 10.7. The van der Waals surface area contributed by atoms with Crippen molar-refractivity contribution in [2.75, 3.05) is 26.2 Å². The lowest BCUT2D eigenvalue weighted by atomic mass is 10.0. The Morgan fingerprint density at radius 3 is 2.35 bits per heavy atom. The molecule has 0 radical (unpaired) electrons. The van der Waals surface area contributed by atoms with Crippen LogP contribution in [0.3, 0.4) is 0 Å². The molecule has 3 heterocycles. The number of hydrogen-bond acceptors (Lipinski definition) is 3. The molecule has 31 heavy (non-hydrogen) atoms. The van der Waals surface area contributed by atoms with Gasteiger partial charge in [0.15, 0.2) is 0 Å². The number of nitrogens with one attached hydrogen (secondary N) is 1. The van der Waals surface area contributed by atoms with E-state index in [2.05, 4.69) is 9.88 Å². The molecule has 5 nitrogen and oxygen atoms in total. The number of pyridine rings is 1. The van der Waals surface area contributed by atoms with Crippen molar-refractivity contribution < 1.29 is 18.0 Å². The molecule has 2 aliphatic heterocycles.